The van der Waals surface area contributed by atoms with Crippen molar-refractivity contribution in [2.45, 2.75) is 6.92 Å². The first kappa shape index (κ1) is 11.2. The first-order valence-corrected chi connectivity index (χ1v) is 4.66. The largest absolute Gasteiger partial charge is 0.334 e. The van der Waals surface area contributed by atoms with Gasteiger partial charge < -0.3 is 10.2 Å². The third kappa shape index (κ3) is 2.80. The van der Waals surface area contributed by atoms with E-state index in [0.717, 1.165) is 17.2 Å². The lowest BCUT2D eigenvalue weighted by Crippen LogP contribution is -2.23. The average Bonchev–Trinajstić information content (AvgIpc) is 2.28. The minimum Gasteiger partial charge on any atom is -0.334 e. The predicted octanol–water partition coefficient (Wildman–Crippen LogP) is 1.74. The molecule has 0 radical (unpaired) electrons. The molecule has 0 atom stereocenters. The van der Waals surface area contributed by atoms with Gasteiger partial charge in [0.2, 0.25) is 6.41 Å². The van der Waals surface area contributed by atoms with Crippen LogP contribution in [0.4, 0.5) is 11.4 Å². The SMILES string of the molecule is CN=C(C)N(C)c1ccc(NC=O)cc1. The third-order valence-corrected chi connectivity index (χ3v) is 2.29. The molecule has 0 aliphatic carbocycles. The lowest BCUT2D eigenvalue weighted by Gasteiger charge is -2.18. The molecule has 0 aromatic heterocycles. The van der Waals surface area contributed by atoms with Crippen LogP contribution in [-0.2, 0) is 4.79 Å². The molecular weight excluding hydrogens is 190 g/mol. The Kier molecular flexibility index (Phi) is 3.85. The van der Waals surface area contributed by atoms with Crippen molar-refractivity contribution in [3.05, 3.63) is 24.3 Å². The van der Waals surface area contributed by atoms with Crippen LogP contribution in [0.3, 0.4) is 0 Å². The Morgan fingerprint density at radius 3 is 2.47 bits per heavy atom. The van der Waals surface area contributed by atoms with E-state index in [0.29, 0.717) is 6.41 Å². The molecule has 4 nitrogen and oxygen atoms in total. The lowest BCUT2D eigenvalue weighted by atomic mass is 10.2. The van der Waals surface area contributed by atoms with Crippen LogP contribution in [0, 0.1) is 0 Å². The number of benzene rings is 1. The smallest absolute Gasteiger partial charge is 0.211 e. The van der Waals surface area contributed by atoms with Gasteiger partial charge in [0.05, 0.1) is 5.84 Å². The van der Waals surface area contributed by atoms with E-state index < -0.39 is 0 Å². The second-order valence-electron chi connectivity index (χ2n) is 3.14. The van der Waals surface area contributed by atoms with Crippen molar-refractivity contribution in [2.24, 2.45) is 4.99 Å². The van der Waals surface area contributed by atoms with Crippen LogP contribution < -0.4 is 10.2 Å². The second-order valence-corrected chi connectivity index (χ2v) is 3.14. The molecule has 0 aliphatic heterocycles. The summed E-state index contributed by atoms with van der Waals surface area (Å²) >= 11 is 0. The molecule has 1 N–H and O–H groups in total. The molecule has 80 valence electrons. The highest BCUT2D eigenvalue weighted by molar-refractivity contribution is 5.95. The molecule has 0 bridgehead atoms. The summed E-state index contributed by atoms with van der Waals surface area (Å²) in [6, 6.07) is 7.56. The second kappa shape index (κ2) is 5.14. The molecule has 4 heteroatoms. The van der Waals surface area contributed by atoms with Gasteiger partial charge in [0, 0.05) is 25.5 Å². The summed E-state index contributed by atoms with van der Waals surface area (Å²) in [6.07, 6.45) is 0.664. The predicted molar refractivity (Wildman–Crippen MR) is 63.6 cm³/mol. The van der Waals surface area contributed by atoms with Gasteiger partial charge in [-0.3, -0.25) is 9.79 Å². The van der Waals surface area contributed by atoms with E-state index in [1.807, 2.05) is 43.1 Å². The van der Waals surface area contributed by atoms with Crippen molar-refractivity contribution >= 4 is 23.6 Å². The molecule has 1 rings (SSSR count). The number of aliphatic imine (C=N–C) groups is 1. The highest BCUT2D eigenvalue weighted by Crippen LogP contribution is 2.16. The van der Waals surface area contributed by atoms with E-state index in [1.165, 1.54) is 0 Å². The van der Waals surface area contributed by atoms with E-state index in [-0.39, 0.29) is 0 Å². The normalized spacial score (nSPS) is 11.0. The fourth-order valence-electron chi connectivity index (χ4n) is 1.19. The Morgan fingerprint density at radius 2 is 2.00 bits per heavy atom. The monoisotopic (exact) mass is 205 g/mol. The zero-order chi connectivity index (χ0) is 11.3. The van der Waals surface area contributed by atoms with Crippen LogP contribution >= 0.6 is 0 Å². The number of hydrogen-bond donors (Lipinski definition) is 1. The van der Waals surface area contributed by atoms with E-state index in [1.54, 1.807) is 7.05 Å². The summed E-state index contributed by atoms with van der Waals surface area (Å²) < 4.78 is 0. The van der Waals surface area contributed by atoms with Crippen LogP contribution in [-0.4, -0.2) is 26.3 Å². The summed E-state index contributed by atoms with van der Waals surface area (Å²) in [5.74, 6) is 0.936. The molecular formula is C11H15N3O. The lowest BCUT2D eigenvalue weighted by molar-refractivity contribution is -0.105. The molecule has 0 fully saturated rings. The average molecular weight is 205 g/mol. The highest BCUT2D eigenvalue weighted by Gasteiger charge is 2.02. The Morgan fingerprint density at radius 1 is 1.40 bits per heavy atom. The summed E-state index contributed by atoms with van der Waals surface area (Å²) in [6.45, 7) is 1.94. The molecule has 0 heterocycles. The number of nitrogens with zero attached hydrogens (tertiary/aromatic N) is 2. The van der Waals surface area contributed by atoms with Crippen molar-refractivity contribution in [2.75, 3.05) is 24.3 Å². The van der Waals surface area contributed by atoms with Crippen molar-refractivity contribution in [3.63, 3.8) is 0 Å². The molecule has 0 unspecified atom stereocenters. The van der Waals surface area contributed by atoms with Gasteiger partial charge in [-0.2, -0.15) is 0 Å². The number of rotatable bonds is 3. The molecule has 1 amide bonds. The minimum atomic E-state index is 0.664. The van der Waals surface area contributed by atoms with Crippen LogP contribution in [0.1, 0.15) is 6.92 Å². The number of carbonyl (C=O) groups is 1. The Bertz CT molecular complexity index is 357. The Balaban J connectivity index is 2.84. The third-order valence-electron chi connectivity index (χ3n) is 2.29. The Labute approximate surface area is 89.6 Å². The number of anilines is 2. The number of amides is 1. The minimum absolute atomic E-state index is 0.664. The van der Waals surface area contributed by atoms with E-state index in [2.05, 4.69) is 10.3 Å². The van der Waals surface area contributed by atoms with Crippen molar-refractivity contribution in [3.8, 4) is 0 Å². The molecule has 0 saturated heterocycles. The molecule has 1 aromatic carbocycles. The highest BCUT2D eigenvalue weighted by atomic mass is 16.1. The van der Waals surface area contributed by atoms with Crippen LogP contribution in [0.5, 0.6) is 0 Å². The van der Waals surface area contributed by atoms with Gasteiger partial charge >= 0.3 is 0 Å². The summed E-state index contributed by atoms with van der Waals surface area (Å²) in [5.41, 5.74) is 1.82. The maximum atomic E-state index is 10.2. The zero-order valence-corrected chi connectivity index (χ0v) is 9.19. The van der Waals surface area contributed by atoms with Crippen molar-refractivity contribution < 1.29 is 4.79 Å². The topological polar surface area (TPSA) is 44.7 Å². The summed E-state index contributed by atoms with van der Waals surface area (Å²) in [7, 11) is 3.71. The zero-order valence-electron chi connectivity index (χ0n) is 9.19. The van der Waals surface area contributed by atoms with Gasteiger partial charge in [-0.1, -0.05) is 0 Å². The van der Waals surface area contributed by atoms with Gasteiger partial charge in [0.1, 0.15) is 0 Å². The van der Waals surface area contributed by atoms with Crippen molar-refractivity contribution in [1.82, 2.24) is 0 Å². The van der Waals surface area contributed by atoms with Gasteiger partial charge in [0.25, 0.3) is 0 Å². The molecule has 1 aromatic rings. The fraction of sp³-hybridized carbons (Fsp3) is 0.273. The number of nitrogens with one attached hydrogen (secondary N) is 1. The summed E-state index contributed by atoms with van der Waals surface area (Å²) in [5, 5.41) is 2.59. The standard InChI is InChI=1S/C11H15N3O/c1-9(12-2)14(3)11-6-4-10(5-7-11)13-8-15/h4-8H,1-3H3,(H,13,15). The molecule has 0 aliphatic rings. The van der Waals surface area contributed by atoms with Gasteiger partial charge in [-0.15, -0.1) is 0 Å². The number of hydrogen-bond acceptors (Lipinski definition) is 2. The van der Waals surface area contributed by atoms with Gasteiger partial charge in [-0.25, -0.2) is 0 Å². The molecule has 0 spiro atoms. The first-order valence-electron chi connectivity index (χ1n) is 4.66. The maximum Gasteiger partial charge on any atom is 0.211 e. The fourth-order valence-corrected chi connectivity index (χ4v) is 1.19. The molecule has 15 heavy (non-hydrogen) atoms. The van der Waals surface area contributed by atoms with Crippen LogP contribution in [0.2, 0.25) is 0 Å². The maximum absolute atomic E-state index is 10.2. The van der Waals surface area contributed by atoms with Gasteiger partial charge in [0.15, 0.2) is 0 Å². The van der Waals surface area contributed by atoms with Crippen LogP contribution in [0.25, 0.3) is 0 Å². The Hall–Kier alpha value is -1.84. The van der Waals surface area contributed by atoms with E-state index in [9.17, 15) is 4.79 Å². The van der Waals surface area contributed by atoms with Crippen molar-refractivity contribution in [1.29, 1.82) is 0 Å². The van der Waals surface area contributed by atoms with E-state index >= 15 is 0 Å². The molecule has 0 saturated carbocycles. The number of carbonyl (C=O) groups excluding carboxylic acids is 1. The van der Waals surface area contributed by atoms with E-state index in [4.69, 9.17) is 0 Å². The quantitative estimate of drug-likeness (QED) is 0.464. The van der Waals surface area contributed by atoms with Crippen LogP contribution in [0.15, 0.2) is 29.3 Å². The summed E-state index contributed by atoms with van der Waals surface area (Å²) in [4.78, 5) is 16.3. The number of amidine groups is 1. The van der Waals surface area contributed by atoms with Gasteiger partial charge in [-0.05, 0) is 31.2 Å². The first-order chi connectivity index (χ1) is 7.19.